The monoisotopic (exact) mass is 282 g/mol. The van der Waals surface area contributed by atoms with Crippen LogP contribution in [-0.4, -0.2) is 24.4 Å². The third kappa shape index (κ3) is 2.43. The molecule has 0 radical (unpaired) electrons. The molecular formula is C12H15BrN2O. The zero-order valence-corrected chi connectivity index (χ0v) is 10.9. The van der Waals surface area contributed by atoms with E-state index in [1.54, 1.807) is 0 Å². The molecule has 0 atom stereocenters. The summed E-state index contributed by atoms with van der Waals surface area (Å²) in [6.07, 6.45) is 4.80. The van der Waals surface area contributed by atoms with E-state index in [1.165, 1.54) is 5.56 Å². The van der Waals surface area contributed by atoms with Crippen LogP contribution in [0.5, 0.6) is 0 Å². The van der Waals surface area contributed by atoms with Crippen LogP contribution in [0.15, 0.2) is 16.7 Å². The molecule has 16 heavy (non-hydrogen) atoms. The average Bonchev–Trinajstić information content (AvgIpc) is 2.29. The molecule has 1 aliphatic rings. The maximum Gasteiger partial charge on any atom is 0.131 e. The fourth-order valence-corrected chi connectivity index (χ4v) is 2.56. The van der Waals surface area contributed by atoms with Crippen LogP contribution < -0.4 is 4.90 Å². The minimum absolute atomic E-state index is 0.243. The third-order valence-electron chi connectivity index (χ3n) is 3.05. The standard InChI is InChI=1S/C12H15BrN2O/c1-9-6-11(13)7-14-12(9)15-4-2-10(8-16)3-5-15/h6-8,10H,2-5H2,1H3. The molecule has 2 rings (SSSR count). The predicted octanol–water partition coefficient (Wildman–Crippen LogP) is 2.57. The third-order valence-corrected chi connectivity index (χ3v) is 3.48. The van der Waals surface area contributed by atoms with Gasteiger partial charge in [-0.25, -0.2) is 4.98 Å². The minimum atomic E-state index is 0.243. The first-order valence-electron chi connectivity index (χ1n) is 5.53. The maximum absolute atomic E-state index is 10.7. The quantitative estimate of drug-likeness (QED) is 0.782. The van der Waals surface area contributed by atoms with E-state index >= 15 is 0 Å². The van der Waals surface area contributed by atoms with Crippen molar-refractivity contribution in [3.05, 3.63) is 22.3 Å². The number of hydrogen-bond donors (Lipinski definition) is 0. The lowest BCUT2D eigenvalue weighted by atomic mass is 9.98. The molecule has 1 aromatic rings. The van der Waals surface area contributed by atoms with E-state index in [9.17, 15) is 4.79 Å². The first-order valence-corrected chi connectivity index (χ1v) is 6.32. The zero-order valence-electron chi connectivity index (χ0n) is 9.32. The van der Waals surface area contributed by atoms with E-state index in [-0.39, 0.29) is 5.92 Å². The van der Waals surface area contributed by atoms with Gasteiger partial charge in [-0.1, -0.05) is 0 Å². The van der Waals surface area contributed by atoms with Crippen molar-refractivity contribution in [2.75, 3.05) is 18.0 Å². The van der Waals surface area contributed by atoms with Crippen molar-refractivity contribution in [1.29, 1.82) is 0 Å². The second-order valence-corrected chi connectivity index (χ2v) is 5.17. The van der Waals surface area contributed by atoms with Gasteiger partial charge in [-0.2, -0.15) is 0 Å². The molecule has 0 aromatic carbocycles. The molecular weight excluding hydrogens is 268 g/mol. The SMILES string of the molecule is Cc1cc(Br)cnc1N1CCC(C=O)CC1. The summed E-state index contributed by atoms with van der Waals surface area (Å²) >= 11 is 3.41. The molecule has 0 aliphatic carbocycles. The van der Waals surface area contributed by atoms with Gasteiger partial charge in [-0.05, 0) is 47.3 Å². The molecule has 0 spiro atoms. The summed E-state index contributed by atoms with van der Waals surface area (Å²) in [4.78, 5) is 17.4. The first kappa shape index (κ1) is 11.6. The van der Waals surface area contributed by atoms with Gasteiger partial charge in [-0.3, -0.25) is 0 Å². The highest BCUT2D eigenvalue weighted by Gasteiger charge is 2.20. The Kier molecular flexibility index (Phi) is 3.59. The van der Waals surface area contributed by atoms with Crippen molar-refractivity contribution >= 4 is 28.0 Å². The number of aryl methyl sites for hydroxylation is 1. The smallest absolute Gasteiger partial charge is 0.131 e. The van der Waals surface area contributed by atoms with Crippen LogP contribution in [0.4, 0.5) is 5.82 Å². The number of halogens is 1. The largest absolute Gasteiger partial charge is 0.356 e. The second-order valence-electron chi connectivity index (χ2n) is 4.25. The van der Waals surface area contributed by atoms with Gasteiger partial charge in [0, 0.05) is 29.7 Å². The number of carbonyl (C=O) groups excluding carboxylic acids is 1. The van der Waals surface area contributed by atoms with Crippen molar-refractivity contribution in [1.82, 2.24) is 4.98 Å². The lowest BCUT2D eigenvalue weighted by Gasteiger charge is -2.31. The summed E-state index contributed by atoms with van der Waals surface area (Å²) in [6, 6.07) is 2.08. The Morgan fingerprint density at radius 1 is 1.50 bits per heavy atom. The molecule has 86 valence electrons. The molecule has 0 N–H and O–H groups in total. The fraction of sp³-hybridized carbons (Fsp3) is 0.500. The normalized spacial score (nSPS) is 17.5. The number of hydrogen-bond acceptors (Lipinski definition) is 3. The van der Waals surface area contributed by atoms with Gasteiger partial charge in [0.15, 0.2) is 0 Å². The number of nitrogens with zero attached hydrogens (tertiary/aromatic N) is 2. The van der Waals surface area contributed by atoms with E-state index < -0.39 is 0 Å². The molecule has 1 aliphatic heterocycles. The van der Waals surface area contributed by atoms with Crippen LogP contribution in [-0.2, 0) is 4.79 Å². The summed E-state index contributed by atoms with van der Waals surface area (Å²) < 4.78 is 1.01. The molecule has 2 heterocycles. The second kappa shape index (κ2) is 4.95. The van der Waals surface area contributed by atoms with Crippen LogP contribution in [0.2, 0.25) is 0 Å². The van der Waals surface area contributed by atoms with Gasteiger partial charge < -0.3 is 9.69 Å². The highest BCUT2D eigenvalue weighted by Crippen LogP contribution is 2.25. The molecule has 3 nitrogen and oxygen atoms in total. The molecule has 4 heteroatoms. The Morgan fingerprint density at radius 3 is 2.75 bits per heavy atom. The lowest BCUT2D eigenvalue weighted by molar-refractivity contribution is -0.111. The van der Waals surface area contributed by atoms with Crippen LogP contribution in [0.3, 0.4) is 0 Å². The molecule has 0 amide bonds. The Balaban J connectivity index is 2.11. The molecule has 1 aromatic heterocycles. The van der Waals surface area contributed by atoms with Crippen LogP contribution in [0, 0.1) is 12.8 Å². The van der Waals surface area contributed by atoms with Crippen molar-refractivity contribution in [3.63, 3.8) is 0 Å². The Bertz CT molecular complexity index is 387. The Morgan fingerprint density at radius 2 is 2.19 bits per heavy atom. The van der Waals surface area contributed by atoms with Crippen LogP contribution >= 0.6 is 15.9 Å². The van der Waals surface area contributed by atoms with Crippen LogP contribution in [0.25, 0.3) is 0 Å². The number of aromatic nitrogens is 1. The summed E-state index contributed by atoms with van der Waals surface area (Å²) in [5.41, 5.74) is 1.18. The Labute approximate surface area is 104 Å². The number of pyridine rings is 1. The number of aldehydes is 1. The first-order chi connectivity index (χ1) is 7.70. The van der Waals surface area contributed by atoms with Gasteiger partial charge in [-0.15, -0.1) is 0 Å². The summed E-state index contributed by atoms with van der Waals surface area (Å²) in [5, 5.41) is 0. The minimum Gasteiger partial charge on any atom is -0.356 e. The molecule has 0 bridgehead atoms. The van der Waals surface area contributed by atoms with Crippen molar-refractivity contribution < 1.29 is 4.79 Å². The van der Waals surface area contributed by atoms with Gasteiger partial charge >= 0.3 is 0 Å². The maximum atomic E-state index is 10.7. The van der Waals surface area contributed by atoms with Crippen molar-refractivity contribution in [2.45, 2.75) is 19.8 Å². The van der Waals surface area contributed by atoms with Gasteiger partial charge in [0.25, 0.3) is 0 Å². The number of piperidine rings is 1. The van der Waals surface area contributed by atoms with E-state index in [0.717, 1.165) is 42.5 Å². The summed E-state index contributed by atoms with van der Waals surface area (Å²) in [5.74, 6) is 1.29. The zero-order chi connectivity index (χ0) is 11.5. The average molecular weight is 283 g/mol. The van der Waals surface area contributed by atoms with Gasteiger partial charge in [0.1, 0.15) is 12.1 Å². The number of carbonyl (C=O) groups is 1. The van der Waals surface area contributed by atoms with Crippen molar-refractivity contribution in [3.8, 4) is 0 Å². The predicted molar refractivity (Wildman–Crippen MR) is 67.7 cm³/mol. The lowest BCUT2D eigenvalue weighted by Crippen LogP contribution is -2.35. The van der Waals surface area contributed by atoms with E-state index in [1.807, 2.05) is 6.20 Å². The topological polar surface area (TPSA) is 33.2 Å². The van der Waals surface area contributed by atoms with E-state index in [4.69, 9.17) is 0 Å². The summed E-state index contributed by atoms with van der Waals surface area (Å²) in [6.45, 7) is 3.93. The number of anilines is 1. The van der Waals surface area contributed by atoms with Gasteiger partial charge in [0.05, 0.1) is 0 Å². The van der Waals surface area contributed by atoms with E-state index in [0.29, 0.717) is 0 Å². The number of rotatable bonds is 2. The molecule has 1 saturated heterocycles. The van der Waals surface area contributed by atoms with Crippen molar-refractivity contribution in [2.24, 2.45) is 5.92 Å². The summed E-state index contributed by atoms with van der Waals surface area (Å²) in [7, 11) is 0. The van der Waals surface area contributed by atoms with Gasteiger partial charge in [0.2, 0.25) is 0 Å². The fourth-order valence-electron chi connectivity index (χ4n) is 2.11. The molecule has 0 saturated carbocycles. The van der Waals surface area contributed by atoms with E-state index in [2.05, 4.69) is 38.8 Å². The highest BCUT2D eigenvalue weighted by molar-refractivity contribution is 9.10. The molecule has 1 fully saturated rings. The van der Waals surface area contributed by atoms with Crippen LogP contribution in [0.1, 0.15) is 18.4 Å². The Hall–Kier alpha value is -0.900. The highest BCUT2D eigenvalue weighted by atomic mass is 79.9. The molecule has 0 unspecified atom stereocenters.